The number of carbonyl (C=O) groups is 1. The van der Waals surface area contributed by atoms with E-state index in [1.807, 2.05) is 24.4 Å². The molecular weight excluding hydrogens is 350 g/mol. The molecule has 0 saturated heterocycles. The second-order valence-corrected chi connectivity index (χ2v) is 7.11. The Morgan fingerprint density at radius 2 is 1.88 bits per heavy atom. The van der Waals surface area contributed by atoms with Crippen LogP contribution < -0.4 is 11.2 Å². The summed E-state index contributed by atoms with van der Waals surface area (Å²) in [7, 11) is 1.73. The third-order valence-corrected chi connectivity index (χ3v) is 5.71. The van der Waals surface area contributed by atoms with Gasteiger partial charge in [-0.1, -0.05) is 18.2 Å². The smallest absolute Gasteiger partial charge is 0.331 e. The van der Waals surface area contributed by atoms with Crippen molar-refractivity contribution in [3.8, 4) is 0 Å². The number of hydrogen-bond acceptors (Lipinski definition) is 4. The van der Waals surface area contributed by atoms with Crippen LogP contribution >= 0.6 is 11.3 Å². The first-order valence-corrected chi connectivity index (χ1v) is 9.35. The highest BCUT2D eigenvalue weighted by Crippen LogP contribution is 2.23. The number of thiophene rings is 1. The van der Waals surface area contributed by atoms with E-state index in [9.17, 15) is 14.4 Å². The van der Waals surface area contributed by atoms with Gasteiger partial charge in [-0.05, 0) is 37.4 Å². The van der Waals surface area contributed by atoms with Crippen molar-refractivity contribution in [2.24, 2.45) is 0 Å². The fraction of sp³-hybridized carbons (Fsp3) is 0.316. The molecule has 1 aromatic carbocycles. The lowest BCUT2D eigenvalue weighted by atomic mass is 10.2. The van der Waals surface area contributed by atoms with Gasteiger partial charge in [0.2, 0.25) is 5.91 Å². The summed E-state index contributed by atoms with van der Waals surface area (Å²) < 4.78 is 2.55. The van der Waals surface area contributed by atoms with Gasteiger partial charge < -0.3 is 4.90 Å². The van der Waals surface area contributed by atoms with Crippen LogP contribution in [0.3, 0.4) is 0 Å². The summed E-state index contributed by atoms with van der Waals surface area (Å²) in [6.45, 7) is 3.86. The molecule has 2 aromatic heterocycles. The zero-order valence-corrected chi connectivity index (χ0v) is 15.8. The van der Waals surface area contributed by atoms with Crippen molar-refractivity contribution in [3.05, 3.63) is 67.5 Å². The van der Waals surface area contributed by atoms with Crippen molar-refractivity contribution in [1.82, 2.24) is 14.0 Å². The van der Waals surface area contributed by atoms with Gasteiger partial charge in [-0.3, -0.25) is 18.7 Å². The van der Waals surface area contributed by atoms with Gasteiger partial charge in [0.1, 0.15) is 6.54 Å². The molecule has 1 amide bonds. The van der Waals surface area contributed by atoms with E-state index < -0.39 is 5.69 Å². The number of nitrogens with zero attached hydrogens (tertiary/aromatic N) is 3. The number of rotatable bonds is 5. The van der Waals surface area contributed by atoms with Crippen molar-refractivity contribution in [2.75, 3.05) is 7.05 Å². The Morgan fingerprint density at radius 1 is 1.15 bits per heavy atom. The average molecular weight is 371 g/mol. The summed E-state index contributed by atoms with van der Waals surface area (Å²) in [6, 6.07) is 10.8. The van der Waals surface area contributed by atoms with Crippen molar-refractivity contribution in [1.29, 1.82) is 0 Å². The first-order chi connectivity index (χ1) is 12.5. The van der Waals surface area contributed by atoms with Crippen molar-refractivity contribution >= 4 is 28.1 Å². The predicted octanol–water partition coefficient (Wildman–Crippen LogP) is 2.46. The van der Waals surface area contributed by atoms with E-state index in [0.29, 0.717) is 10.9 Å². The van der Waals surface area contributed by atoms with Gasteiger partial charge >= 0.3 is 5.69 Å². The quantitative estimate of drug-likeness (QED) is 0.692. The van der Waals surface area contributed by atoms with Gasteiger partial charge in [0.05, 0.1) is 16.9 Å². The molecule has 0 bridgehead atoms. The minimum atomic E-state index is -0.457. The largest absolute Gasteiger partial charge is 0.337 e. The first-order valence-electron chi connectivity index (χ1n) is 8.47. The zero-order chi connectivity index (χ0) is 18.8. The second kappa shape index (κ2) is 7.29. The topological polar surface area (TPSA) is 64.3 Å². The lowest BCUT2D eigenvalue weighted by Crippen LogP contribution is -2.42. The summed E-state index contributed by atoms with van der Waals surface area (Å²) in [5.74, 6) is -0.181. The van der Waals surface area contributed by atoms with Crippen LogP contribution in [0.15, 0.2) is 51.4 Å². The normalized spacial score (nSPS) is 12.3. The summed E-state index contributed by atoms with van der Waals surface area (Å²) in [5.41, 5.74) is -0.295. The zero-order valence-electron chi connectivity index (χ0n) is 15.0. The van der Waals surface area contributed by atoms with Gasteiger partial charge in [-0.2, -0.15) is 0 Å². The van der Waals surface area contributed by atoms with Gasteiger partial charge in [0.25, 0.3) is 5.56 Å². The molecule has 0 aliphatic rings. The number of amides is 1. The van der Waals surface area contributed by atoms with Gasteiger partial charge in [-0.15, -0.1) is 11.3 Å². The van der Waals surface area contributed by atoms with Crippen LogP contribution in [0.1, 0.15) is 24.8 Å². The SMILES string of the molecule is CCn1c(=O)c2ccccc2n(CC(=O)N(C)[C@H](C)c2cccs2)c1=O. The number of carbonyl (C=O) groups excluding carboxylic acids is 1. The van der Waals surface area contributed by atoms with Crippen LogP contribution in [-0.4, -0.2) is 27.0 Å². The molecule has 0 radical (unpaired) electrons. The number of para-hydroxylation sites is 1. The highest BCUT2D eigenvalue weighted by Gasteiger charge is 2.21. The van der Waals surface area contributed by atoms with E-state index in [-0.39, 0.29) is 30.6 Å². The van der Waals surface area contributed by atoms with E-state index in [2.05, 4.69) is 0 Å². The highest BCUT2D eigenvalue weighted by molar-refractivity contribution is 7.10. The van der Waals surface area contributed by atoms with Gasteiger partial charge in [0, 0.05) is 18.5 Å². The average Bonchev–Trinajstić information content (AvgIpc) is 3.19. The number of hydrogen-bond donors (Lipinski definition) is 0. The molecule has 3 aromatic rings. The van der Waals surface area contributed by atoms with Crippen LogP contribution in [0.2, 0.25) is 0 Å². The number of likely N-dealkylation sites (N-methyl/N-ethyl adjacent to an activating group) is 1. The number of aromatic nitrogens is 2. The Hall–Kier alpha value is -2.67. The van der Waals surface area contributed by atoms with Crippen LogP contribution in [0.25, 0.3) is 10.9 Å². The van der Waals surface area contributed by atoms with Crippen LogP contribution in [0.5, 0.6) is 0 Å². The fourth-order valence-electron chi connectivity index (χ4n) is 2.99. The molecule has 2 heterocycles. The maximum atomic E-state index is 12.8. The molecule has 0 unspecified atom stereocenters. The predicted molar refractivity (Wildman–Crippen MR) is 104 cm³/mol. The summed E-state index contributed by atoms with van der Waals surface area (Å²) >= 11 is 1.59. The van der Waals surface area contributed by atoms with E-state index in [1.54, 1.807) is 54.5 Å². The highest BCUT2D eigenvalue weighted by atomic mass is 32.1. The lowest BCUT2D eigenvalue weighted by Gasteiger charge is -2.25. The molecule has 3 rings (SSSR count). The van der Waals surface area contributed by atoms with Gasteiger partial charge in [-0.25, -0.2) is 4.79 Å². The molecule has 0 fully saturated rings. The Labute approximate surface area is 154 Å². The van der Waals surface area contributed by atoms with Crippen molar-refractivity contribution in [3.63, 3.8) is 0 Å². The molecule has 0 spiro atoms. The minimum absolute atomic E-state index is 0.0819. The Morgan fingerprint density at radius 3 is 2.54 bits per heavy atom. The molecule has 6 nitrogen and oxygen atoms in total. The fourth-order valence-corrected chi connectivity index (χ4v) is 3.81. The van der Waals surface area contributed by atoms with Crippen LogP contribution in [-0.2, 0) is 17.9 Å². The summed E-state index contributed by atoms with van der Waals surface area (Å²) in [5, 5.41) is 2.41. The molecule has 0 aliphatic heterocycles. The summed E-state index contributed by atoms with van der Waals surface area (Å²) in [6.07, 6.45) is 0. The van der Waals surface area contributed by atoms with E-state index in [0.717, 1.165) is 9.44 Å². The van der Waals surface area contributed by atoms with E-state index >= 15 is 0 Å². The maximum Gasteiger partial charge on any atom is 0.331 e. The molecule has 136 valence electrons. The molecule has 0 saturated carbocycles. The number of benzene rings is 1. The van der Waals surface area contributed by atoms with Crippen LogP contribution in [0.4, 0.5) is 0 Å². The Bertz CT molecular complexity index is 1050. The molecule has 7 heteroatoms. The Kier molecular flexibility index (Phi) is 5.08. The van der Waals surface area contributed by atoms with E-state index in [4.69, 9.17) is 0 Å². The third-order valence-electron chi connectivity index (χ3n) is 4.67. The molecule has 0 N–H and O–H groups in total. The molecule has 0 aliphatic carbocycles. The van der Waals surface area contributed by atoms with Crippen molar-refractivity contribution < 1.29 is 4.79 Å². The lowest BCUT2D eigenvalue weighted by molar-refractivity contribution is -0.132. The van der Waals surface area contributed by atoms with Crippen LogP contribution in [0, 0.1) is 0 Å². The molecular formula is C19H21N3O3S. The van der Waals surface area contributed by atoms with Gasteiger partial charge in [0.15, 0.2) is 0 Å². The second-order valence-electron chi connectivity index (χ2n) is 6.13. The number of fused-ring (bicyclic) bond motifs is 1. The standard InChI is InChI=1S/C19H21N3O3S/c1-4-21-18(24)14-8-5-6-9-15(14)22(19(21)25)12-17(23)20(3)13(2)16-10-7-11-26-16/h5-11,13H,4,12H2,1-3H3/t13-/m1/s1. The third kappa shape index (κ3) is 3.10. The first kappa shape index (κ1) is 18.1. The molecule has 1 atom stereocenters. The monoisotopic (exact) mass is 371 g/mol. The minimum Gasteiger partial charge on any atom is -0.337 e. The van der Waals surface area contributed by atoms with E-state index in [1.165, 1.54) is 4.57 Å². The maximum absolute atomic E-state index is 12.8. The molecule has 26 heavy (non-hydrogen) atoms. The Balaban J connectivity index is 2.02. The summed E-state index contributed by atoms with van der Waals surface area (Å²) in [4.78, 5) is 40.7. The van der Waals surface area contributed by atoms with Crippen molar-refractivity contribution in [2.45, 2.75) is 33.0 Å².